The van der Waals surface area contributed by atoms with Crippen LogP contribution in [0, 0.1) is 0 Å². The maximum absolute atomic E-state index is 11.6. The number of unbranched alkanes of at least 4 members (excludes halogenated alkanes) is 1. The lowest BCUT2D eigenvalue weighted by atomic mass is 9.96. The van der Waals surface area contributed by atoms with Crippen LogP contribution in [0.3, 0.4) is 0 Å². The summed E-state index contributed by atoms with van der Waals surface area (Å²) in [5.41, 5.74) is 5.08. The van der Waals surface area contributed by atoms with Crippen LogP contribution >= 0.6 is 0 Å². The summed E-state index contributed by atoms with van der Waals surface area (Å²) in [6, 6.07) is 0. The molecule has 112 valence electrons. The van der Waals surface area contributed by atoms with E-state index in [0.29, 0.717) is 13.0 Å². The Hall–Kier alpha value is -0.460. The molecular formula is C13H26N2O3S. The SMILES string of the molecule is CCOC(=O)C(C)(N)CCCCN1CCS(=O)CC1. The molecule has 6 heteroatoms. The number of rotatable bonds is 7. The minimum Gasteiger partial charge on any atom is -0.465 e. The Morgan fingerprint density at radius 2 is 2.00 bits per heavy atom. The molecule has 2 N–H and O–H groups in total. The fourth-order valence-corrected chi connectivity index (χ4v) is 3.25. The fraction of sp³-hybridized carbons (Fsp3) is 0.923. The monoisotopic (exact) mass is 290 g/mol. The molecule has 0 spiro atoms. The molecule has 1 unspecified atom stereocenters. The van der Waals surface area contributed by atoms with Gasteiger partial charge in [-0.25, -0.2) is 0 Å². The van der Waals surface area contributed by atoms with E-state index in [0.717, 1.165) is 44.0 Å². The summed E-state index contributed by atoms with van der Waals surface area (Å²) in [6.45, 7) is 6.73. The van der Waals surface area contributed by atoms with E-state index in [4.69, 9.17) is 10.5 Å². The van der Waals surface area contributed by atoms with Gasteiger partial charge in [-0.3, -0.25) is 9.00 Å². The molecule has 1 saturated heterocycles. The third-order valence-corrected chi connectivity index (χ3v) is 4.71. The predicted octanol–water partition coefficient (Wildman–Crippen LogP) is 0.502. The van der Waals surface area contributed by atoms with E-state index in [1.165, 1.54) is 0 Å². The number of nitrogens with zero attached hydrogens (tertiary/aromatic N) is 1. The molecule has 0 amide bonds. The van der Waals surface area contributed by atoms with Crippen LogP contribution in [-0.4, -0.2) is 58.4 Å². The van der Waals surface area contributed by atoms with Gasteiger partial charge in [0.2, 0.25) is 0 Å². The van der Waals surface area contributed by atoms with Gasteiger partial charge in [-0.15, -0.1) is 0 Å². The summed E-state index contributed by atoms with van der Waals surface area (Å²) in [4.78, 5) is 13.9. The van der Waals surface area contributed by atoms with Crippen molar-refractivity contribution in [3.63, 3.8) is 0 Å². The van der Waals surface area contributed by atoms with Gasteiger partial charge in [-0.2, -0.15) is 0 Å². The molecule has 1 atom stereocenters. The molecular weight excluding hydrogens is 264 g/mol. The number of ether oxygens (including phenoxy) is 1. The highest BCUT2D eigenvalue weighted by atomic mass is 32.2. The normalized spacial score (nSPS) is 21.0. The maximum atomic E-state index is 11.6. The van der Waals surface area contributed by atoms with Crippen LogP contribution in [0.1, 0.15) is 33.1 Å². The van der Waals surface area contributed by atoms with Gasteiger partial charge in [0, 0.05) is 35.4 Å². The lowest BCUT2D eigenvalue weighted by Gasteiger charge is -2.27. The van der Waals surface area contributed by atoms with Crippen LogP contribution in [0.5, 0.6) is 0 Å². The van der Waals surface area contributed by atoms with Crippen molar-refractivity contribution >= 4 is 16.8 Å². The van der Waals surface area contributed by atoms with Crippen LogP contribution < -0.4 is 5.73 Å². The Bertz CT molecular complexity index is 311. The zero-order valence-electron chi connectivity index (χ0n) is 12.0. The minimum absolute atomic E-state index is 0.316. The summed E-state index contributed by atoms with van der Waals surface area (Å²) in [7, 11) is -0.614. The highest BCUT2D eigenvalue weighted by Crippen LogP contribution is 2.13. The highest BCUT2D eigenvalue weighted by molar-refractivity contribution is 7.85. The van der Waals surface area contributed by atoms with Crippen LogP contribution in [-0.2, 0) is 20.3 Å². The van der Waals surface area contributed by atoms with E-state index in [2.05, 4.69) is 4.90 Å². The first kappa shape index (κ1) is 16.6. The first-order chi connectivity index (χ1) is 8.95. The molecule has 0 bridgehead atoms. The summed E-state index contributed by atoms with van der Waals surface area (Å²) in [5, 5.41) is 0. The minimum atomic E-state index is -0.876. The van der Waals surface area contributed by atoms with Crippen molar-refractivity contribution in [2.45, 2.75) is 38.6 Å². The topological polar surface area (TPSA) is 72.6 Å². The van der Waals surface area contributed by atoms with E-state index in [9.17, 15) is 9.00 Å². The van der Waals surface area contributed by atoms with E-state index in [1.807, 2.05) is 0 Å². The quantitative estimate of drug-likeness (QED) is 0.546. The first-order valence-corrected chi connectivity index (χ1v) is 8.48. The lowest BCUT2D eigenvalue weighted by Crippen LogP contribution is -2.46. The van der Waals surface area contributed by atoms with Crippen molar-refractivity contribution in [2.75, 3.05) is 37.7 Å². The van der Waals surface area contributed by atoms with Gasteiger partial charge < -0.3 is 15.4 Å². The third-order valence-electron chi connectivity index (χ3n) is 3.43. The Kier molecular flexibility index (Phi) is 6.96. The van der Waals surface area contributed by atoms with Gasteiger partial charge in [0.15, 0.2) is 0 Å². The first-order valence-electron chi connectivity index (χ1n) is 6.99. The van der Waals surface area contributed by atoms with Crippen molar-refractivity contribution in [3.8, 4) is 0 Å². The Morgan fingerprint density at radius 3 is 2.58 bits per heavy atom. The number of hydrogen-bond acceptors (Lipinski definition) is 5. The molecule has 1 rings (SSSR count). The zero-order valence-corrected chi connectivity index (χ0v) is 12.8. The number of carbonyl (C=O) groups excluding carboxylic acids is 1. The number of carbonyl (C=O) groups is 1. The highest BCUT2D eigenvalue weighted by Gasteiger charge is 2.29. The smallest absolute Gasteiger partial charge is 0.325 e. The molecule has 0 aliphatic carbocycles. The van der Waals surface area contributed by atoms with E-state index >= 15 is 0 Å². The Morgan fingerprint density at radius 1 is 1.37 bits per heavy atom. The average molecular weight is 290 g/mol. The van der Waals surface area contributed by atoms with Gasteiger partial charge in [0.1, 0.15) is 5.54 Å². The van der Waals surface area contributed by atoms with Gasteiger partial charge in [0.05, 0.1) is 6.61 Å². The fourth-order valence-electron chi connectivity index (χ4n) is 2.12. The van der Waals surface area contributed by atoms with Gasteiger partial charge in [-0.1, -0.05) is 0 Å². The molecule has 0 aromatic rings. The lowest BCUT2D eigenvalue weighted by molar-refractivity contribution is -0.149. The summed E-state index contributed by atoms with van der Waals surface area (Å²) in [6.07, 6.45) is 2.57. The Labute approximate surface area is 118 Å². The molecule has 1 heterocycles. The third kappa shape index (κ3) is 6.01. The van der Waals surface area contributed by atoms with Crippen LogP contribution in [0.25, 0.3) is 0 Å². The average Bonchev–Trinajstić information content (AvgIpc) is 2.37. The van der Waals surface area contributed by atoms with Gasteiger partial charge >= 0.3 is 5.97 Å². The Balaban J connectivity index is 2.16. The van der Waals surface area contributed by atoms with Crippen LogP contribution in [0.4, 0.5) is 0 Å². The molecule has 0 radical (unpaired) electrons. The molecule has 19 heavy (non-hydrogen) atoms. The molecule has 1 aliphatic rings. The molecule has 0 saturated carbocycles. The second kappa shape index (κ2) is 7.97. The second-order valence-electron chi connectivity index (χ2n) is 5.28. The zero-order chi connectivity index (χ0) is 14.3. The number of nitrogens with two attached hydrogens (primary N) is 1. The van der Waals surface area contributed by atoms with Crippen molar-refractivity contribution in [3.05, 3.63) is 0 Å². The van der Waals surface area contributed by atoms with Crippen LogP contribution in [0.15, 0.2) is 0 Å². The largest absolute Gasteiger partial charge is 0.465 e. The summed E-state index contributed by atoms with van der Waals surface area (Å²) < 4.78 is 16.2. The van der Waals surface area contributed by atoms with Crippen molar-refractivity contribution in [2.24, 2.45) is 5.73 Å². The summed E-state index contributed by atoms with van der Waals surface area (Å²) in [5.74, 6) is 1.26. The number of esters is 1. The second-order valence-corrected chi connectivity index (χ2v) is 6.98. The van der Waals surface area contributed by atoms with Crippen molar-refractivity contribution in [1.29, 1.82) is 0 Å². The number of hydrogen-bond donors (Lipinski definition) is 1. The molecule has 0 aromatic heterocycles. The van der Waals surface area contributed by atoms with Crippen LogP contribution in [0.2, 0.25) is 0 Å². The van der Waals surface area contributed by atoms with E-state index in [-0.39, 0.29) is 5.97 Å². The predicted molar refractivity (Wildman–Crippen MR) is 77.4 cm³/mol. The molecule has 0 aromatic carbocycles. The van der Waals surface area contributed by atoms with Gasteiger partial charge in [0.25, 0.3) is 0 Å². The standard InChI is InChI=1S/C13H26N2O3S/c1-3-18-12(16)13(2,14)6-4-5-7-15-8-10-19(17)11-9-15/h3-11,14H2,1-2H3. The van der Waals surface area contributed by atoms with Gasteiger partial charge in [-0.05, 0) is 39.7 Å². The molecule has 1 aliphatic heterocycles. The van der Waals surface area contributed by atoms with Crippen molar-refractivity contribution < 1.29 is 13.7 Å². The van der Waals surface area contributed by atoms with E-state index in [1.54, 1.807) is 13.8 Å². The van der Waals surface area contributed by atoms with E-state index < -0.39 is 16.3 Å². The van der Waals surface area contributed by atoms with Crippen molar-refractivity contribution in [1.82, 2.24) is 4.90 Å². The molecule has 1 fully saturated rings. The maximum Gasteiger partial charge on any atom is 0.325 e. The summed E-state index contributed by atoms with van der Waals surface area (Å²) >= 11 is 0. The molecule has 5 nitrogen and oxygen atoms in total.